The molecule has 0 spiro atoms. The summed E-state index contributed by atoms with van der Waals surface area (Å²) in [6.07, 6.45) is 1.70. The molecule has 2 aliphatic heterocycles. The van der Waals surface area contributed by atoms with Gasteiger partial charge in [-0.25, -0.2) is 17.5 Å². The molecule has 3 rings (SSSR count). The summed E-state index contributed by atoms with van der Waals surface area (Å²) in [5.74, 6) is -1.73. The van der Waals surface area contributed by atoms with Gasteiger partial charge in [0.15, 0.2) is 0 Å². The Morgan fingerprint density at radius 3 is 2.35 bits per heavy atom. The second-order valence-corrected chi connectivity index (χ2v) is 10.5. The van der Waals surface area contributed by atoms with Crippen LogP contribution in [0.1, 0.15) is 18.4 Å². The molecule has 2 fully saturated rings. The highest BCUT2D eigenvalue weighted by atomic mass is 127. The van der Waals surface area contributed by atoms with E-state index in [1.807, 2.05) is 18.2 Å². The molecule has 0 saturated carbocycles. The summed E-state index contributed by atoms with van der Waals surface area (Å²) >= 11 is 2.34. The summed E-state index contributed by atoms with van der Waals surface area (Å²) < 4.78 is 32.2. The number of piperidine rings is 1. The van der Waals surface area contributed by atoms with Crippen LogP contribution in [0.3, 0.4) is 0 Å². The number of carbonyl (C=O) groups is 2. The highest BCUT2D eigenvalue weighted by Crippen LogP contribution is 2.26. The van der Waals surface area contributed by atoms with Gasteiger partial charge in [-0.2, -0.15) is 0 Å². The quantitative estimate of drug-likeness (QED) is 0.273. The van der Waals surface area contributed by atoms with Gasteiger partial charge in [0.05, 0.1) is 0 Å². The molecule has 1 amide bonds. The fourth-order valence-electron chi connectivity index (χ4n) is 3.00. The maximum atomic E-state index is 12.6. The molecule has 0 unspecified atom stereocenters. The molecule has 0 atom stereocenters. The number of carbonyl (C=O) groups excluding carboxylic acids is 2. The van der Waals surface area contributed by atoms with Crippen LogP contribution in [0.2, 0.25) is 0 Å². The summed E-state index contributed by atoms with van der Waals surface area (Å²) in [5.41, 5.74) is 0.788. The third kappa shape index (κ3) is 4.37. The van der Waals surface area contributed by atoms with E-state index < -0.39 is 27.1 Å². The van der Waals surface area contributed by atoms with Gasteiger partial charge in [-0.3, -0.25) is 4.79 Å². The Balaban J connectivity index is 1.47. The van der Waals surface area contributed by atoms with Gasteiger partial charge in [-0.05, 0) is 18.4 Å². The molecule has 26 heavy (non-hydrogen) atoms. The van der Waals surface area contributed by atoms with Crippen LogP contribution in [0.15, 0.2) is 30.3 Å². The maximum absolute atomic E-state index is 12.6. The molecule has 2 aliphatic rings. The van der Waals surface area contributed by atoms with Crippen LogP contribution in [0.5, 0.6) is 0 Å². The summed E-state index contributed by atoms with van der Waals surface area (Å²) in [6.45, 7) is 1.17. The lowest BCUT2D eigenvalue weighted by Crippen LogP contribution is -2.61. The van der Waals surface area contributed by atoms with E-state index in [4.69, 9.17) is 4.74 Å². The number of halogens is 1. The molecule has 142 valence electrons. The molecule has 0 aliphatic carbocycles. The zero-order valence-electron chi connectivity index (χ0n) is 14.2. The average molecular weight is 492 g/mol. The van der Waals surface area contributed by atoms with Gasteiger partial charge in [0, 0.05) is 30.1 Å². The van der Waals surface area contributed by atoms with Crippen LogP contribution in [-0.2, 0) is 31.0 Å². The van der Waals surface area contributed by atoms with Crippen molar-refractivity contribution in [3.05, 3.63) is 35.9 Å². The van der Waals surface area contributed by atoms with E-state index in [0.717, 1.165) is 18.4 Å². The van der Waals surface area contributed by atoms with Gasteiger partial charge in [-0.1, -0.05) is 52.9 Å². The Morgan fingerprint density at radius 2 is 1.73 bits per heavy atom. The predicted molar refractivity (Wildman–Crippen MR) is 104 cm³/mol. The monoisotopic (exact) mass is 492 g/mol. The molecule has 0 bridgehead atoms. The van der Waals surface area contributed by atoms with E-state index in [0.29, 0.717) is 17.0 Å². The van der Waals surface area contributed by atoms with E-state index in [2.05, 4.69) is 22.6 Å². The molecule has 0 radical (unpaired) electrons. The van der Waals surface area contributed by atoms with Crippen molar-refractivity contribution >= 4 is 44.5 Å². The van der Waals surface area contributed by atoms with Gasteiger partial charge in [-0.15, -0.1) is 0 Å². The van der Waals surface area contributed by atoms with Crippen molar-refractivity contribution in [1.82, 2.24) is 9.21 Å². The molecule has 2 saturated heterocycles. The van der Waals surface area contributed by atoms with Crippen LogP contribution in [0, 0.1) is 0 Å². The number of rotatable bonds is 4. The third-order valence-electron chi connectivity index (χ3n) is 4.69. The average Bonchev–Trinajstić information content (AvgIpc) is 2.59. The summed E-state index contributed by atoms with van der Waals surface area (Å²) in [4.78, 5) is 25.2. The first-order valence-corrected chi connectivity index (χ1v) is 11.3. The number of nitrogens with zero attached hydrogens (tertiary/aromatic N) is 2. The number of hydrogen-bond acceptors (Lipinski definition) is 5. The standard InChI is InChI=1S/C17H21IN2O5S/c18-14-6-8-20(9-7-14)26(23,24)15-10-19(11-15)16(21)17(22)25-12-13-4-2-1-3-5-13/h1-5,14-15H,6-12H2. The Kier molecular flexibility index (Phi) is 6.18. The van der Waals surface area contributed by atoms with Gasteiger partial charge in [0.2, 0.25) is 10.0 Å². The van der Waals surface area contributed by atoms with Gasteiger partial charge >= 0.3 is 11.9 Å². The Labute approximate surface area is 166 Å². The van der Waals surface area contributed by atoms with Crippen molar-refractivity contribution in [1.29, 1.82) is 0 Å². The second kappa shape index (κ2) is 8.22. The maximum Gasteiger partial charge on any atom is 0.397 e. The number of hydrogen-bond donors (Lipinski definition) is 0. The zero-order valence-corrected chi connectivity index (χ0v) is 17.2. The predicted octanol–water partition coefficient (Wildman–Crippen LogP) is 1.17. The van der Waals surface area contributed by atoms with Crippen molar-refractivity contribution in [3.8, 4) is 0 Å². The fraction of sp³-hybridized carbons (Fsp3) is 0.529. The first-order valence-electron chi connectivity index (χ1n) is 8.51. The first kappa shape index (κ1) is 19.6. The molecular weight excluding hydrogens is 471 g/mol. The van der Waals surface area contributed by atoms with Crippen molar-refractivity contribution in [2.75, 3.05) is 26.2 Å². The smallest absolute Gasteiger partial charge is 0.397 e. The number of likely N-dealkylation sites (tertiary alicyclic amines) is 1. The zero-order chi connectivity index (χ0) is 18.7. The van der Waals surface area contributed by atoms with E-state index in [9.17, 15) is 18.0 Å². The van der Waals surface area contributed by atoms with Crippen molar-refractivity contribution in [2.45, 2.75) is 28.6 Å². The Hall–Kier alpha value is -1.20. The molecule has 0 aromatic heterocycles. The SMILES string of the molecule is O=C(OCc1ccccc1)C(=O)N1CC(S(=O)(=O)N2CCC(I)CC2)C1. The minimum atomic E-state index is -3.41. The van der Waals surface area contributed by atoms with E-state index >= 15 is 0 Å². The lowest BCUT2D eigenvalue weighted by molar-refractivity contribution is -0.162. The molecule has 9 heteroatoms. The second-order valence-electron chi connectivity index (χ2n) is 6.51. The summed E-state index contributed by atoms with van der Waals surface area (Å²) in [7, 11) is -3.41. The lowest BCUT2D eigenvalue weighted by atomic mass is 10.2. The fourth-order valence-corrected chi connectivity index (χ4v) is 5.43. The van der Waals surface area contributed by atoms with E-state index in [1.165, 1.54) is 9.21 Å². The van der Waals surface area contributed by atoms with Crippen molar-refractivity contribution in [2.24, 2.45) is 0 Å². The number of esters is 1. The normalized spacial score (nSPS) is 19.8. The molecule has 2 heterocycles. The molecule has 1 aromatic carbocycles. The molecule has 0 N–H and O–H groups in total. The topological polar surface area (TPSA) is 84.0 Å². The van der Waals surface area contributed by atoms with Crippen molar-refractivity contribution in [3.63, 3.8) is 0 Å². The molecular formula is C17H21IN2O5S. The van der Waals surface area contributed by atoms with E-state index in [1.54, 1.807) is 12.1 Å². The minimum absolute atomic E-state index is 0.0201. The van der Waals surface area contributed by atoms with Crippen LogP contribution in [0.4, 0.5) is 0 Å². The summed E-state index contributed by atoms with van der Waals surface area (Å²) in [5, 5.41) is -0.626. The number of sulfonamides is 1. The summed E-state index contributed by atoms with van der Waals surface area (Å²) in [6, 6.07) is 9.07. The van der Waals surface area contributed by atoms with Crippen LogP contribution >= 0.6 is 22.6 Å². The van der Waals surface area contributed by atoms with Gasteiger partial charge in [0.25, 0.3) is 0 Å². The highest BCUT2D eigenvalue weighted by molar-refractivity contribution is 14.1. The van der Waals surface area contributed by atoms with Crippen LogP contribution in [0.25, 0.3) is 0 Å². The first-order chi connectivity index (χ1) is 12.4. The number of alkyl halides is 1. The number of amides is 1. The molecule has 7 nitrogen and oxygen atoms in total. The number of benzene rings is 1. The van der Waals surface area contributed by atoms with Crippen LogP contribution < -0.4 is 0 Å². The van der Waals surface area contributed by atoms with Gasteiger partial charge < -0.3 is 9.64 Å². The van der Waals surface area contributed by atoms with Crippen LogP contribution in [-0.4, -0.2) is 64.9 Å². The lowest BCUT2D eigenvalue weighted by Gasteiger charge is -2.41. The highest BCUT2D eigenvalue weighted by Gasteiger charge is 2.45. The Morgan fingerprint density at radius 1 is 1.12 bits per heavy atom. The molecule has 1 aromatic rings. The van der Waals surface area contributed by atoms with Crippen molar-refractivity contribution < 1.29 is 22.7 Å². The largest absolute Gasteiger partial charge is 0.454 e. The number of ether oxygens (including phenoxy) is 1. The Bertz CT molecular complexity index is 757. The third-order valence-corrected chi connectivity index (χ3v) is 8.16. The van der Waals surface area contributed by atoms with E-state index in [-0.39, 0.29) is 19.7 Å². The van der Waals surface area contributed by atoms with Gasteiger partial charge in [0.1, 0.15) is 11.9 Å². The minimum Gasteiger partial charge on any atom is -0.454 e.